The number of nitrogens with one attached hydrogen (secondary N) is 1. The number of rotatable bonds is 4. The third-order valence-corrected chi connectivity index (χ3v) is 2.87. The number of carbonyl (C=O) groups is 1. The van der Waals surface area contributed by atoms with Crippen LogP contribution in [0, 0.1) is 6.92 Å². The van der Waals surface area contributed by atoms with Gasteiger partial charge in [-0.15, -0.1) is 0 Å². The molecule has 0 aliphatic carbocycles. The van der Waals surface area contributed by atoms with E-state index in [-0.39, 0.29) is 12.5 Å². The Hall–Kier alpha value is -2.89. The summed E-state index contributed by atoms with van der Waals surface area (Å²) in [5.74, 6) is 0.334. The number of hydrogen-bond donors (Lipinski definition) is 1. The number of hydrogen-bond acceptors (Lipinski definition) is 4. The molecular formula is C15H14N4O2. The third kappa shape index (κ3) is 3.00. The van der Waals surface area contributed by atoms with Crippen LogP contribution in [0.3, 0.4) is 0 Å². The zero-order chi connectivity index (χ0) is 14.7. The molecule has 0 fully saturated rings. The summed E-state index contributed by atoms with van der Waals surface area (Å²) in [7, 11) is 0. The molecular weight excluding hydrogens is 268 g/mol. The molecule has 0 saturated heterocycles. The van der Waals surface area contributed by atoms with Crippen molar-refractivity contribution in [2.75, 3.05) is 11.9 Å². The quantitative estimate of drug-likeness (QED) is 0.795. The molecule has 0 aliphatic heterocycles. The lowest BCUT2D eigenvalue weighted by Gasteiger charge is -2.07. The van der Waals surface area contributed by atoms with Crippen molar-refractivity contribution in [3.63, 3.8) is 0 Å². The maximum atomic E-state index is 11.8. The first-order valence-electron chi connectivity index (χ1n) is 6.49. The van der Waals surface area contributed by atoms with Crippen molar-refractivity contribution >= 4 is 17.2 Å². The summed E-state index contributed by atoms with van der Waals surface area (Å²) in [6.07, 6.45) is 7.01. The van der Waals surface area contributed by atoms with E-state index in [1.54, 1.807) is 30.6 Å². The lowest BCUT2D eigenvalue weighted by atomic mass is 10.4. The highest BCUT2D eigenvalue weighted by Gasteiger charge is 2.08. The summed E-state index contributed by atoms with van der Waals surface area (Å²) < 4.78 is 7.42. The van der Waals surface area contributed by atoms with Crippen molar-refractivity contribution in [2.45, 2.75) is 6.92 Å². The Balaban J connectivity index is 1.67. The summed E-state index contributed by atoms with van der Waals surface area (Å²) in [6.45, 7) is 1.83. The minimum atomic E-state index is -0.242. The molecule has 21 heavy (non-hydrogen) atoms. The minimum Gasteiger partial charge on any atom is -0.480 e. The van der Waals surface area contributed by atoms with E-state index in [9.17, 15) is 4.79 Å². The van der Waals surface area contributed by atoms with Gasteiger partial charge in [0.2, 0.25) is 0 Å². The van der Waals surface area contributed by atoms with E-state index in [4.69, 9.17) is 4.74 Å². The molecule has 0 atom stereocenters. The number of anilines is 1. The van der Waals surface area contributed by atoms with E-state index in [0.29, 0.717) is 17.1 Å². The van der Waals surface area contributed by atoms with Crippen molar-refractivity contribution in [3.8, 4) is 5.75 Å². The number of carbonyl (C=O) groups excluding carboxylic acids is 1. The number of aromatic nitrogens is 3. The maximum Gasteiger partial charge on any atom is 0.262 e. The molecule has 0 spiro atoms. The number of imidazole rings is 1. The van der Waals surface area contributed by atoms with E-state index in [2.05, 4.69) is 15.3 Å². The van der Waals surface area contributed by atoms with Crippen LogP contribution in [0.25, 0.3) is 5.65 Å². The van der Waals surface area contributed by atoms with Gasteiger partial charge in [0.05, 0.1) is 17.6 Å². The van der Waals surface area contributed by atoms with E-state index < -0.39 is 0 Å². The second-order valence-electron chi connectivity index (χ2n) is 4.56. The Morgan fingerprint density at radius 2 is 2.29 bits per heavy atom. The normalized spacial score (nSPS) is 10.5. The minimum absolute atomic E-state index is 0.0829. The van der Waals surface area contributed by atoms with Crippen LogP contribution in [-0.2, 0) is 4.79 Å². The first kappa shape index (κ1) is 13.1. The van der Waals surface area contributed by atoms with Gasteiger partial charge in [-0.1, -0.05) is 0 Å². The highest BCUT2D eigenvalue weighted by Crippen LogP contribution is 2.18. The van der Waals surface area contributed by atoms with Gasteiger partial charge < -0.3 is 14.5 Å². The molecule has 3 aromatic rings. The molecule has 0 aromatic carbocycles. The Morgan fingerprint density at radius 3 is 3.10 bits per heavy atom. The molecule has 3 heterocycles. The molecule has 0 bridgehead atoms. The summed E-state index contributed by atoms with van der Waals surface area (Å²) in [5, 5.41) is 2.71. The van der Waals surface area contributed by atoms with Crippen molar-refractivity contribution in [1.29, 1.82) is 0 Å². The number of nitrogens with zero attached hydrogens (tertiary/aromatic N) is 3. The molecule has 0 radical (unpaired) electrons. The van der Waals surface area contributed by atoms with Gasteiger partial charge in [0.25, 0.3) is 5.91 Å². The third-order valence-electron chi connectivity index (χ3n) is 2.87. The predicted octanol–water partition coefficient (Wildman–Crippen LogP) is 2.06. The smallest absolute Gasteiger partial charge is 0.262 e. The van der Waals surface area contributed by atoms with Gasteiger partial charge in [-0.2, -0.15) is 0 Å². The van der Waals surface area contributed by atoms with Crippen LogP contribution in [-0.4, -0.2) is 26.9 Å². The monoisotopic (exact) mass is 282 g/mol. The molecule has 6 heteroatoms. The highest BCUT2D eigenvalue weighted by molar-refractivity contribution is 5.91. The topological polar surface area (TPSA) is 68.5 Å². The summed E-state index contributed by atoms with van der Waals surface area (Å²) >= 11 is 0. The molecule has 106 valence electrons. The van der Waals surface area contributed by atoms with Crippen LogP contribution in [0.15, 0.2) is 49.1 Å². The van der Waals surface area contributed by atoms with Crippen LogP contribution in [0.2, 0.25) is 0 Å². The SMILES string of the molecule is Cc1cn2cccc(OCC(=O)Nc3cccnc3)c2n1. The average molecular weight is 282 g/mol. The molecule has 0 saturated carbocycles. The Labute approximate surface area is 121 Å². The van der Waals surface area contributed by atoms with Crippen molar-refractivity contribution in [3.05, 3.63) is 54.7 Å². The first-order valence-corrected chi connectivity index (χ1v) is 6.49. The van der Waals surface area contributed by atoms with E-state index in [1.807, 2.05) is 29.8 Å². The number of aryl methyl sites for hydroxylation is 1. The number of fused-ring (bicyclic) bond motifs is 1. The van der Waals surface area contributed by atoms with Gasteiger partial charge in [-0.05, 0) is 31.2 Å². The zero-order valence-electron chi connectivity index (χ0n) is 11.5. The van der Waals surface area contributed by atoms with Crippen LogP contribution in [0.5, 0.6) is 5.75 Å². The van der Waals surface area contributed by atoms with Gasteiger partial charge in [0.1, 0.15) is 0 Å². The lowest BCUT2D eigenvalue weighted by molar-refractivity contribution is -0.118. The van der Waals surface area contributed by atoms with Gasteiger partial charge in [0, 0.05) is 18.6 Å². The molecule has 0 unspecified atom stereocenters. The largest absolute Gasteiger partial charge is 0.480 e. The maximum absolute atomic E-state index is 11.8. The van der Waals surface area contributed by atoms with Crippen LogP contribution >= 0.6 is 0 Å². The summed E-state index contributed by atoms with van der Waals surface area (Å²) in [4.78, 5) is 20.1. The zero-order valence-corrected chi connectivity index (χ0v) is 11.5. The fourth-order valence-electron chi connectivity index (χ4n) is 2.00. The molecule has 1 N–H and O–H groups in total. The van der Waals surface area contributed by atoms with Crippen molar-refractivity contribution < 1.29 is 9.53 Å². The molecule has 6 nitrogen and oxygen atoms in total. The number of amides is 1. The highest BCUT2D eigenvalue weighted by atomic mass is 16.5. The summed E-state index contributed by atoms with van der Waals surface area (Å²) in [5.41, 5.74) is 2.23. The van der Waals surface area contributed by atoms with E-state index >= 15 is 0 Å². The second kappa shape index (κ2) is 5.62. The molecule has 3 rings (SSSR count). The van der Waals surface area contributed by atoms with Gasteiger partial charge in [-0.25, -0.2) is 4.98 Å². The Morgan fingerprint density at radius 1 is 1.38 bits per heavy atom. The van der Waals surface area contributed by atoms with E-state index in [1.165, 1.54) is 0 Å². The lowest BCUT2D eigenvalue weighted by Crippen LogP contribution is -2.20. The van der Waals surface area contributed by atoms with Crippen LogP contribution in [0.1, 0.15) is 5.69 Å². The standard InChI is InChI=1S/C15H14N4O2/c1-11-9-19-7-3-5-13(15(19)17-11)21-10-14(20)18-12-4-2-6-16-8-12/h2-9H,10H2,1H3,(H,18,20). The fourth-order valence-corrected chi connectivity index (χ4v) is 2.00. The predicted molar refractivity (Wildman–Crippen MR) is 78.3 cm³/mol. The van der Waals surface area contributed by atoms with Crippen LogP contribution < -0.4 is 10.1 Å². The number of ether oxygens (including phenoxy) is 1. The van der Waals surface area contributed by atoms with E-state index in [0.717, 1.165) is 5.69 Å². The van der Waals surface area contributed by atoms with Crippen molar-refractivity contribution in [1.82, 2.24) is 14.4 Å². The first-order chi connectivity index (χ1) is 10.2. The van der Waals surface area contributed by atoms with Crippen LogP contribution in [0.4, 0.5) is 5.69 Å². The van der Waals surface area contributed by atoms with Gasteiger partial charge >= 0.3 is 0 Å². The average Bonchev–Trinajstić information content (AvgIpc) is 2.87. The molecule has 1 amide bonds. The molecule has 3 aromatic heterocycles. The van der Waals surface area contributed by atoms with Crippen molar-refractivity contribution in [2.24, 2.45) is 0 Å². The summed E-state index contributed by atoms with van der Waals surface area (Å²) in [6, 6.07) is 7.16. The second-order valence-corrected chi connectivity index (χ2v) is 4.56. The van der Waals surface area contributed by atoms with Gasteiger partial charge in [-0.3, -0.25) is 9.78 Å². The van der Waals surface area contributed by atoms with Gasteiger partial charge in [0.15, 0.2) is 18.0 Å². The Kier molecular flexibility index (Phi) is 3.51. The molecule has 0 aliphatic rings. The number of pyridine rings is 2. The fraction of sp³-hybridized carbons (Fsp3) is 0.133. The Bertz CT molecular complexity index is 768.